The first-order chi connectivity index (χ1) is 10.6. The second-order valence-electron chi connectivity index (χ2n) is 6.30. The van der Waals surface area contributed by atoms with Gasteiger partial charge in [0.15, 0.2) is 0 Å². The van der Waals surface area contributed by atoms with E-state index in [0.717, 1.165) is 16.9 Å². The van der Waals surface area contributed by atoms with E-state index in [1.165, 1.54) is 0 Å². The maximum atomic E-state index is 5.81. The molecule has 0 saturated carbocycles. The summed E-state index contributed by atoms with van der Waals surface area (Å²) < 4.78 is 17.4. The van der Waals surface area contributed by atoms with Crippen LogP contribution < -0.4 is 10.2 Å². The van der Waals surface area contributed by atoms with Crippen molar-refractivity contribution in [2.45, 2.75) is 20.5 Å². The van der Waals surface area contributed by atoms with E-state index in [4.69, 9.17) is 14.0 Å². The summed E-state index contributed by atoms with van der Waals surface area (Å²) in [6.45, 7) is 6.10. The highest BCUT2D eigenvalue weighted by Crippen LogP contribution is 2.22. The Morgan fingerprint density at radius 2 is 1.95 bits per heavy atom. The van der Waals surface area contributed by atoms with E-state index in [1.807, 2.05) is 42.5 Å². The molecule has 2 aromatic rings. The maximum Gasteiger partial charge on any atom is 0.494 e. The Morgan fingerprint density at radius 3 is 2.68 bits per heavy atom. The summed E-state index contributed by atoms with van der Waals surface area (Å²) in [5, 5.41) is 0. The SMILES string of the molecule is CC1(C)COB(c2cccc(OCc3ccccn3)c2)OC1. The summed E-state index contributed by atoms with van der Waals surface area (Å²) >= 11 is 0. The van der Waals surface area contributed by atoms with Gasteiger partial charge in [-0.05, 0) is 29.7 Å². The molecule has 0 spiro atoms. The smallest absolute Gasteiger partial charge is 0.487 e. The zero-order valence-corrected chi connectivity index (χ0v) is 13.0. The molecule has 0 aliphatic carbocycles. The highest BCUT2D eigenvalue weighted by atomic mass is 16.6. The van der Waals surface area contributed by atoms with Crippen LogP contribution in [-0.2, 0) is 15.9 Å². The summed E-state index contributed by atoms with van der Waals surface area (Å²) in [6.07, 6.45) is 1.76. The van der Waals surface area contributed by atoms with E-state index in [1.54, 1.807) is 6.20 Å². The van der Waals surface area contributed by atoms with E-state index >= 15 is 0 Å². The molecule has 0 atom stereocenters. The van der Waals surface area contributed by atoms with Gasteiger partial charge in [-0.2, -0.15) is 0 Å². The monoisotopic (exact) mass is 297 g/mol. The molecule has 1 fully saturated rings. The van der Waals surface area contributed by atoms with Crippen LogP contribution in [0, 0.1) is 5.41 Å². The van der Waals surface area contributed by atoms with E-state index in [-0.39, 0.29) is 12.5 Å². The first-order valence-electron chi connectivity index (χ1n) is 7.48. The number of aromatic nitrogens is 1. The Kier molecular flexibility index (Phi) is 4.45. The van der Waals surface area contributed by atoms with Gasteiger partial charge in [0.1, 0.15) is 12.4 Å². The topological polar surface area (TPSA) is 40.6 Å². The van der Waals surface area contributed by atoms with Gasteiger partial charge in [-0.15, -0.1) is 0 Å². The number of hydrogen-bond acceptors (Lipinski definition) is 4. The Morgan fingerprint density at radius 1 is 1.14 bits per heavy atom. The molecule has 2 heterocycles. The van der Waals surface area contributed by atoms with Gasteiger partial charge in [-0.1, -0.05) is 32.0 Å². The molecule has 1 aliphatic heterocycles. The van der Waals surface area contributed by atoms with Crippen LogP contribution in [-0.4, -0.2) is 25.3 Å². The molecule has 0 unspecified atom stereocenters. The Labute approximate surface area is 131 Å². The molecule has 0 amide bonds. The van der Waals surface area contributed by atoms with Crippen LogP contribution in [0.2, 0.25) is 0 Å². The summed E-state index contributed by atoms with van der Waals surface area (Å²) in [4.78, 5) is 4.25. The van der Waals surface area contributed by atoms with Crippen molar-refractivity contribution in [3.8, 4) is 5.75 Å². The molecule has 0 bridgehead atoms. The third-order valence-corrected chi connectivity index (χ3v) is 3.49. The summed E-state index contributed by atoms with van der Waals surface area (Å²) in [5.74, 6) is 0.792. The van der Waals surface area contributed by atoms with Crippen LogP contribution in [0.4, 0.5) is 0 Å². The van der Waals surface area contributed by atoms with Gasteiger partial charge < -0.3 is 14.0 Å². The average molecular weight is 297 g/mol. The molecule has 3 rings (SSSR count). The largest absolute Gasteiger partial charge is 0.494 e. The molecule has 1 aliphatic rings. The van der Waals surface area contributed by atoms with Gasteiger partial charge in [-0.25, -0.2) is 0 Å². The van der Waals surface area contributed by atoms with Gasteiger partial charge in [0.2, 0.25) is 0 Å². The highest BCUT2D eigenvalue weighted by Gasteiger charge is 2.33. The fourth-order valence-electron chi connectivity index (χ4n) is 2.28. The van der Waals surface area contributed by atoms with Crippen molar-refractivity contribution in [2.24, 2.45) is 5.41 Å². The van der Waals surface area contributed by atoms with Crippen molar-refractivity contribution in [1.82, 2.24) is 4.98 Å². The van der Waals surface area contributed by atoms with Crippen molar-refractivity contribution in [3.63, 3.8) is 0 Å². The Balaban J connectivity index is 1.63. The number of hydrogen-bond donors (Lipinski definition) is 0. The van der Waals surface area contributed by atoms with E-state index < -0.39 is 0 Å². The van der Waals surface area contributed by atoms with E-state index in [0.29, 0.717) is 19.8 Å². The lowest BCUT2D eigenvalue weighted by Crippen LogP contribution is -2.47. The molecule has 4 nitrogen and oxygen atoms in total. The lowest BCUT2D eigenvalue weighted by molar-refractivity contribution is 0.0343. The van der Waals surface area contributed by atoms with Gasteiger partial charge in [-0.3, -0.25) is 4.98 Å². The predicted molar refractivity (Wildman–Crippen MR) is 86.1 cm³/mol. The van der Waals surface area contributed by atoms with E-state index in [9.17, 15) is 0 Å². The zero-order chi connectivity index (χ0) is 15.4. The van der Waals surface area contributed by atoms with Crippen molar-refractivity contribution in [3.05, 3.63) is 54.4 Å². The first-order valence-corrected chi connectivity index (χ1v) is 7.48. The van der Waals surface area contributed by atoms with Crippen molar-refractivity contribution in [2.75, 3.05) is 13.2 Å². The van der Waals surface area contributed by atoms with Crippen LogP contribution in [0.1, 0.15) is 19.5 Å². The van der Waals surface area contributed by atoms with Crippen LogP contribution in [0.25, 0.3) is 0 Å². The number of benzene rings is 1. The summed E-state index contributed by atoms with van der Waals surface area (Å²) in [6, 6.07) is 13.6. The molecule has 114 valence electrons. The molecule has 0 radical (unpaired) electrons. The minimum Gasteiger partial charge on any atom is -0.487 e. The zero-order valence-electron chi connectivity index (χ0n) is 13.0. The predicted octanol–water partition coefficient (Wildman–Crippen LogP) is 2.43. The molecule has 1 aromatic heterocycles. The standard InChI is InChI=1S/C17H20BNO3/c1-17(2)12-21-18(22-13-17)14-6-5-8-16(10-14)20-11-15-7-3-4-9-19-15/h3-10H,11-13H2,1-2H3. The van der Waals surface area contributed by atoms with Gasteiger partial charge in [0, 0.05) is 24.8 Å². The summed E-state index contributed by atoms with van der Waals surface area (Å²) in [5.41, 5.74) is 1.96. The minimum absolute atomic E-state index is 0.0730. The quantitative estimate of drug-likeness (QED) is 0.813. The molecular formula is C17H20BNO3. The third-order valence-electron chi connectivity index (χ3n) is 3.49. The molecule has 0 N–H and O–H groups in total. The fraction of sp³-hybridized carbons (Fsp3) is 0.353. The highest BCUT2D eigenvalue weighted by molar-refractivity contribution is 6.61. The minimum atomic E-state index is -0.313. The van der Waals surface area contributed by atoms with E-state index in [2.05, 4.69) is 18.8 Å². The number of ether oxygens (including phenoxy) is 1. The molecule has 1 saturated heterocycles. The van der Waals surface area contributed by atoms with Gasteiger partial charge in [0.05, 0.1) is 5.69 Å². The molecule has 22 heavy (non-hydrogen) atoms. The first kappa shape index (κ1) is 15.1. The van der Waals surface area contributed by atoms with Crippen LogP contribution in [0.3, 0.4) is 0 Å². The Bertz CT molecular complexity index is 608. The van der Waals surface area contributed by atoms with Gasteiger partial charge >= 0.3 is 7.12 Å². The lowest BCUT2D eigenvalue weighted by atomic mass is 9.76. The van der Waals surface area contributed by atoms with Crippen LogP contribution in [0.5, 0.6) is 5.75 Å². The number of pyridine rings is 1. The fourth-order valence-corrected chi connectivity index (χ4v) is 2.28. The maximum absolute atomic E-state index is 5.81. The normalized spacial score (nSPS) is 17.3. The van der Waals surface area contributed by atoms with Crippen molar-refractivity contribution < 1.29 is 14.0 Å². The average Bonchev–Trinajstić information content (AvgIpc) is 2.54. The van der Waals surface area contributed by atoms with Crippen LogP contribution >= 0.6 is 0 Å². The Hall–Kier alpha value is -1.85. The van der Waals surface area contributed by atoms with Crippen molar-refractivity contribution in [1.29, 1.82) is 0 Å². The second kappa shape index (κ2) is 6.50. The van der Waals surface area contributed by atoms with Crippen molar-refractivity contribution >= 4 is 12.6 Å². The van der Waals surface area contributed by atoms with Gasteiger partial charge in [0.25, 0.3) is 0 Å². The summed E-state index contributed by atoms with van der Waals surface area (Å²) in [7, 11) is -0.313. The molecular weight excluding hydrogens is 277 g/mol. The number of nitrogens with zero attached hydrogens (tertiary/aromatic N) is 1. The molecule has 1 aromatic carbocycles. The van der Waals surface area contributed by atoms with Crippen LogP contribution in [0.15, 0.2) is 48.7 Å². The third kappa shape index (κ3) is 3.87. The molecule has 5 heteroatoms. The second-order valence-corrected chi connectivity index (χ2v) is 6.30. The lowest BCUT2D eigenvalue weighted by Gasteiger charge is -2.33. The number of rotatable bonds is 4.